The Labute approximate surface area is 177 Å². The minimum absolute atomic E-state index is 0.0824. The summed E-state index contributed by atoms with van der Waals surface area (Å²) < 4.78 is 42.3. The van der Waals surface area contributed by atoms with Gasteiger partial charge in [0.15, 0.2) is 5.75 Å². The van der Waals surface area contributed by atoms with E-state index in [0.717, 1.165) is 0 Å². The molecule has 164 valence electrons. The van der Waals surface area contributed by atoms with Crippen molar-refractivity contribution >= 4 is 17.5 Å². The van der Waals surface area contributed by atoms with Crippen LogP contribution < -0.4 is 15.4 Å². The predicted molar refractivity (Wildman–Crippen MR) is 111 cm³/mol. The lowest BCUT2D eigenvalue weighted by Crippen LogP contribution is -2.30. The number of aliphatic hydroxyl groups excluding tert-OH is 1. The molecule has 2 heterocycles. The molecule has 31 heavy (non-hydrogen) atoms. The van der Waals surface area contributed by atoms with Gasteiger partial charge >= 0.3 is 6.36 Å². The van der Waals surface area contributed by atoms with E-state index in [0.29, 0.717) is 11.4 Å². The summed E-state index contributed by atoms with van der Waals surface area (Å²) in [4.78, 5) is 13.1. The number of aromatic nitrogens is 3. The van der Waals surface area contributed by atoms with E-state index >= 15 is 0 Å². The van der Waals surface area contributed by atoms with E-state index < -0.39 is 12.1 Å². The Kier molecular flexibility index (Phi) is 6.91. The van der Waals surface area contributed by atoms with Crippen molar-refractivity contribution < 1.29 is 23.0 Å². The Morgan fingerprint density at radius 2 is 1.77 bits per heavy atom. The average Bonchev–Trinajstić information content (AvgIpc) is 2.73. The number of benzene rings is 1. The maximum Gasteiger partial charge on any atom is 0.573 e. The van der Waals surface area contributed by atoms with Crippen LogP contribution in [0, 0.1) is 5.92 Å². The Morgan fingerprint density at radius 1 is 1.03 bits per heavy atom. The van der Waals surface area contributed by atoms with E-state index in [-0.39, 0.29) is 36.0 Å². The summed E-state index contributed by atoms with van der Waals surface area (Å²) >= 11 is 0. The van der Waals surface area contributed by atoms with Crippen LogP contribution in [0.15, 0.2) is 54.7 Å². The van der Waals surface area contributed by atoms with Gasteiger partial charge in [-0.05, 0) is 30.2 Å². The summed E-state index contributed by atoms with van der Waals surface area (Å²) in [5.74, 6) is 0.131. The number of alkyl halides is 3. The summed E-state index contributed by atoms with van der Waals surface area (Å²) in [6.07, 6.45) is -3.23. The zero-order chi connectivity index (χ0) is 22.4. The number of para-hydroxylation sites is 2. The molecule has 0 aliphatic rings. The molecule has 0 amide bonds. The molecule has 3 aromatic rings. The maximum atomic E-state index is 12.8. The van der Waals surface area contributed by atoms with Crippen LogP contribution in [0.1, 0.15) is 13.8 Å². The third-order valence-corrected chi connectivity index (χ3v) is 4.34. The molecular formula is C21H22F3N5O2. The molecule has 0 radical (unpaired) electrons. The number of hydrogen-bond acceptors (Lipinski definition) is 7. The summed E-state index contributed by atoms with van der Waals surface area (Å²) in [5, 5.41) is 15.5. The standard InChI is InChI=1S/C21H22F3N5O2/c1-13(2)17(12-30)28-20-27-16(14-7-5-6-10-25-14)11-19(29-20)26-15-8-3-4-9-18(15)31-21(22,23)24/h3-11,13,17,30H,12H2,1-2H3,(H2,26,27,28,29)/t17-/m0/s1. The Hall–Kier alpha value is -3.40. The zero-order valence-corrected chi connectivity index (χ0v) is 16.9. The van der Waals surface area contributed by atoms with Crippen molar-refractivity contribution in [1.29, 1.82) is 0 Å². The molecule has 1 aromatic carbocycles. The van der Waals surface area contributed by atoms with Gasteiger partial charge in [0.25, 0.3) is 0 Å². The third-order valence-electron chi connectivity index (χ3n) is 4.34. The molecule has 0 spiro atoms. The molecule has 7 nitrogen and oxygen atoms in total. The summed E-state index contributed by atoms with van der Waals surface area (Å²) in [5.41, 5.74) is 1.09. The Balaban J connectivity index is 1.99. The van der Waals surface area contributed by atoms with Gasteiger partial charge in [-0.15, -0.1) is 13.2 Å². The third kappa shape index (κ3) is 6.29. The summed E-state index contributed by atoms with van der Waals surface area (Å²) in [7, 11) is 0. The van der Waals surface area contributed by atoms with Gasteiger partial charge in [0.05, 0.1) is 29.7 Å². The van der Waals surface area contributed by atoms with Gasteiger partial charge in [-0.25, -0.2) is 4.98 Å². The number of pyridine rings is 1. The first-order valence-electron chi connectivity index (χ1n) is 9.55. The first-order valence-corrected chi connectivity index (χ1v) is 9.55. The molecule has 1 atom stereocenters. The Bertz CT molecular complexity index is 1000. The largest absolute Gasteiger partial charge is 0.573 e. The highest BCUT2D eigenvalue weighted by Crippen LogP contribution is 2.32. The van der Waals surface area contributed by atoms with Gasteiger partial charge in [0.2, 0.25) is 5.95 Å². The second-order valence-electron chi connectivity index (χ2n) is 7.02. The fraction of sp³-hybridized carbons (Fsp3) is 0.286. The lowest BCUT2D eigenvalue weighted by molar-refractivity contribution is -0.274. The first-order chi connectivity index (χ1) is 14.7. The highest BCUT2D eigenvalue weighted by Gasteiger charge is 2.32. The first kappa shape index (κ1) is 22.3. The number of ether oxygens (including phenoxy) is 1. The van der Waals surface area contributed by atoms with Crippen molar-refractivity contribution in [2.45, 2.75) is 26.3 Å². The molecule has 2 aromatic heterocycles. The van der Waals surface area contributed by atoms with Crippen molar-refractivity contribution in [1.82, 2.24) is 15.0 Å². The van der Waals surface area contributed by atoms with Gasteiger partial charge in [-0.1, -0.05) is 32.0 Å². The quantitative estimate of drug-likeness (QED) is 0.478. The molecule has 0 saturated heterocycles. The number of nitrogens with one attached hydrogen (secondary N) is 2. The van der Waals surface area contributed by atoms with E-state index in [1.54, 1.807) is 36.5 Å². The van der Waals surface area contributed by atoms with E-state index in [4.69, 9.17) is 0 Å². The molecule has 3 N–H and O–H groups in total. The molecule has 0 saturated carbocycles. The smallest absolute Gasteiger partial charge is 0.404 e. The number of anilines is 3. The minimum atomic E-state index is -4.83. The van der Waals surface area contributed by atoms with Crippen LogP contribution >= 0.6 is 0 Å². The van der Waals surface area contributed by atoms with Crippen LogP contribution in [0.3, 0.4) is 0 Å². The highest BCUT2D eigenvalue weighted by atomic mass is 19.4. The zero-order valence-electron chi connectivity index (χ0n) is 16.9. The van der Waals surface area contributed by atoms with Gasteiger partial charge in [0.1, 0.15) is 5.82 Å². The van der Waals surface area contributed by atoms with Crippen molar-refractivity contribution in [3.05, 3.63) is 54.7 Å². The summed E-state index contributed by atoms with van der Waals surface area (Å²) in [6, 6.07) is 12.2. The molecular weight excluding hydrogens is 411 g/mol. The van der Waals surface area contributed by atoms with E-state index in [2.05, 4.69) is 30.3 Å². The predicted octanol–water partition coefficient (Wildman–Crippen LogP) is 4.61. The van der Waals surface area contributed by atoms with Gasteiger partial charge in [0, 0.05) is 12.3 Å². The molecule has 10 heteroatoms. The highest BCUT2D eigenvalue weighted by molar-refractivity contribution is 5.68. The molecule has 0 unspecified atom stereocenters. The molecule has 0 fully saturated rings. The molecule has 0 bridgehead atoms. The minimum Gasteiger partial charge on any atom is -0.404 e. The van der Waals surface area contributed by atoms with Crippen molar-refractivity contribution in [3.8, 4) is 17.1 Å². The second-order valence-corrected chi connectivity index (χ2v) is 7.02. The SMILES string of the molecule is CC(C)[C@H](CO)Nc1nc(Nc2ccccc2OC(F)(F)F)cc(-c2ccccn2)n1. The van der Waals surface area contributed by atoms with Crippen molar-refractivity contribution in [2.24, 2.45) is 5.92 Å². The van der Waals surface area contributed by atoms with Gasteiger partial charge in [-0.3, -0.25) is 4.98 Å². The van der Waals surface area contributed by atoms with Crippen LogP contribution in [0.5, 0.6) is 5.75 Å². The Morgan fingerprint density at radius 3 is 2.42 bits per heavy atom. The molecule has 3 rings (SSSR count). The normalized spacial score (nSPS) is 12.5. The molecule has 0 aliphatic carbocycles. The van der Waals surface area contributed by atoms with Crippen LogP contribution in [0.4, 0.5) is 30.6 Å². The van der Waals surface area contributed by atoms with Crippen LogP contribution in [0.25, 0.3) is 11.4 Å². The van der Waals surface area contributed by atoms with Gasteiger partial charge < -0.3 is 20.5 Å². The average molecular weight is 433 g/mol. The van der Waals surface area contributed by atoms with Crippen LogP contribution in [-0.2, 0) is 0 Å². The monoisotopic (exact) mass is 433 g/mol. The number of aliphatic hydroxyl groups is 1. The number of hydrogen-bond donors (Lipinski definition) is 3. The lowest BCUT2D eigenvalue weighted by Gasteiger charge is -2.21. The van der Waals surface area contributed by atoms with E-state index in [9.17, 15) is 18.3 Å². The number of halogens is 3. The second kappa shape index (κ2) is 9.61. The lowest BCUT2D eigenvalue weighted by atomic mass is 10.1. The molecule has 0 aliphatic heterocycles. The summed E-state index contributed by atoms with van der Waals surface area (Å²) in [6.45, 7) is 3.72. The van der Waals surface area contributed by atoms with Crippen molar-refractivity contribution in [2.75, 3.05) is 17.2 Å². The maximum absolute atomic E-state index is 12.8. The fourth-order valence-corrected chi connectivity index (χ4v) is 2.73. The number of rotatable bonds is 8. The van der Waals surface area contributed by atoms with Gasteiger partial charge in [-0.2, -0.15) is 4.98 Å². The van der Waals surface area contributed by atoms with Crippen LogP contribution in [0.2, 0.25) is 0 Å². The number of nitrogens with zero attached hydrogens (tertiary/aromatic N) is 3. The van der Waals surface area contributed by atoms with E-state index in [1.807, 2.05) is 13.8 Å². The van der Waals surface area contributed by atoms with Crippen LogP contribution in [-0.4, -0.2) is 39.1 Å². The van der Waals surface area contributed by atoms with E-state index in [1.165, 1.54) is 18.2 Å². The fourth-order valence-electron chi connectivity index (χ4n) is 2.73. The topological polar surface area (TPSA) is 92.2 Å². The van der Waals surface area contributed by atoms with Crippen molar-refractivity contribution in [3.63, 3.8) is 0 Å².